The molecule has 3 nitrogen and oxygen atoms in total. The van der Waals surface area contributed by atoms with E-state index in [1.807, 2.05) is 23.8 Å². The molecule has 102 valence electrons. The van der Waals surface area contributed by atoms with E-state index in [1.54, 1.807) is 0 Å². The molecular weight excluding hydrogens is 292 g/mol. The van der Waals surface area contributed by atoms with Gasteiger partial charge in [0.1, 0.15) is 5.69 Å². The average Bonchev–Trinajstić information content (AvgIpc) is 2.71. The number of hydrogen-bond donors (Lipinski definition) is 1. The first-order valence-corrected chi connectivity index (χ1v) is 7.54. The summed E-state index contributed by atoms with van der Waals surface area (Å²) in [6.45, 7) is 7.10. The van der Waals surface area contributed by atoms with Gasteiger partial charge >= 0.3 is 0 Å². The number of hydrogen-bond acceptors (Lipinski definition) is 1. The number of amides is 1. The Balaban J connectivity index is 2.53. The molecule has 1 N–H and O–H groups in total. The number of unbranched alkanes of at least 4 members (excludes halogenated alkanes) is 2. The summed E-state index contributed by atoms with van der Waals surface area (Å²) in [5, 5.41) is 3.06. The molecule has 4 heteroatoms. The highest BCUT2D eigenvalue weighted by Gasteiger charge is 2.14. The molecule has 0 aliphatic heterocycles. The molecule has 1 atom stereocenters. The lowest BCUT2D eigenvalue weighted by atomic mass is 10.1. The molecule has 1 heterocycles. The molecule has 1 aromatic heterocycles. The van der Waals surface area contributed by atoms with Gasteiger partial charge in [0, 0.05) is 23.3 Å². The van der Waals surface area contributed by atoms with Gasteiger partial charge in [0.05, 0.1) is 0 Å². The van der Waals surface area contributed by atoms with Crippen LogP contribution in [-0.2, 0) is 6.54 Å². The predicted octanol–water partition coefficient (Wildman–Crippen LogP) is 3.97. The third-order valence-electron chi connectivity index (χ3n) is 3.05. The second-order valence-corrected chi connectivity index (χ2v) is 5.62. The summed E-state index contributed by atoms with van der Waals surface area (Å²) in [6, 6.07) is 2.11. The summed E-state index contributed by atoms with van der Waals surface area (Å²) in [5.74, 6) is 0.0200. The Bertz CT molecular complexity index is 387. The average molecular weight is 315 g/mol. The van der Waals surface area contributed by atoms with Crippen molar-refractivity contribution >= 4 is 21.8 Å². The Hall–Kier alpha value is -0.770. The van der Waals surface area contributed by atoms with Gasteiger partial charge in [0.25, 0.3) is 5.91 Å². The van der Waals surface area contributed by atoms with Crippen LogP contribution < -0.4 is 5.32 Å². The summed E-state index contributed by atoms with van der Waals surface area (Å²) in [6.07, 6.45) is 6.62. The van der Waals surface area contributed by atoms with E-state index in [-0.39, 0.29) is 11.9 Å². The van der Waals surface area contributed by atoms with Crippen molar-refractivity contribution in [3.63, 3.8) is 0 Å². The van der Waals surface area contributed by atoms with Crippen LogP contribution in [0.1, 0.15) is 56.9 Å². The van der Waals surface area contributed by atoms with Gasteiger partial charge in [0.15, 0.2) is 0 Å². The summed E-state index contributed by atoms with van der Waals surface area (Å²) in [4.78, 5) is 12.1. The first-order valence-electron chi connectivity index (χ1n) is 6.75. The topological polar surface area (TPSA) is 34.0 Å². The lowest BCUT2D eigenvalue weighted by molar-refractivity contribution is 0.0928. The van der Waals surface area contributed by atoms with Gasteiger partial charge in [-0.25, -0.2) is 0 Å². The smallest absolute Gasteiger partial charge is 0.268 e. The minimum absolute atomic E-state index is 0.0200. The minimum Gasteiger partial charge on any atom is -0.348 e. The summed E-state index contributed by atoms with van der Waals surface area (Å²) >= 11 is 3.41. The van der Waals surface area contributed by atoms with Gasteiger partial charge in [-0.1, -0.05) is 26.2 Å². The van der Waals surface area contributed by atoms with Crippen LogP contribution in [0.2, 0.25) is 0 Å². The van der Waals surface area contributed by atoms with Crippen LogP contribution >= 0.6 is 15.9 Å². The normalized spacial score (nSPS) is 12.4. The molecule has 0 aliphatic rings. The van der Waals surface area contributed by atoms with Gasteiger partial charge in [-0.05, 0) is 42.3 Å². The van der Waals surface area contributed by atoms with Gasteiger partial charge < -0.3 is 9.88 Å². The van der Waals surface area contributed by atoms with E-state index >= 15 is 0 Å². The molecule has 0 radical (unpaired) electrons. The van der Waals surface area contributed by atoms with Crippen LogP contribution in [0.3, 0.4) is 0 Å². The van der Waals surface area contributed by atoms with Gasteiger partial charge in [-0.15, -0.1) is 0 Å². The monoisotopic (exact) mass is 314 g/mol. The van der Waals surface area contributed by atoms with E-state index in [1.165, 1.54) is 19.3 Å². The van der Waals surface area contributed by atoms with E-state index in [9.17, 15) is 4.79 Å². The van der Waals surface area contributed by atoms with Gasteiger partial charge in [-0.3, -0.25) is 4.79 Å². The van der Waals surface area contributed by atoms with Gasteiger partial charge in [-0.2, -0.15) is 0 Å². The number of nitrogens with zero attached hydrogens (tertiary/aromatic N) is 1. The highest BCUT2D eigenvalue weighted by molar-refractivity contribution is 9.10. The number of carbonyl (C=O) groups excluding carboxylic acids is 1. The Kier molecular flexibility index (Phi) is 6.47. The standard InChI is InChI=1S/C14H23BrN2O/c1-4-6-7-8-11(3)16-14(18)13-9-12(15)10-17(13)5-2/h9-11H,4-8H2,1-3H3,(H,16,18). The molecule has 0 aliphatic carbocycles. The van der Waals surface area contributed by atoms with E-state index in [2.05, 4.69) is 35.1 Å². The molecule has 18 heavy (non-hydrogen) atoms. The third kappa shape index (κ3) is 4.48. The molecular formula is C14H23BrN2O. The molecule has 0 saturated carbocycles. The lowest BCUT2D eigenvalue weighted by Crippen LogP contribution is -2.33. The molecule has 0 bridgehead atoms. The van der Waals surface area contributed by atoms with Crippen LogP contribution in [0.5, 0.6) is 0 Å². The van der Waals surface area contributed by atoms with E-state index < -0.39 is 0 Å². The SMILES string of the molecule is CCCCCC(C)NC(=O)c1cc(Br)cn1CC. The third-order valence-corrected chi connectivity index (χ3v) is 3.49. The number of rotatable bonds is 7. The van der Waals surface area contributed by atoms with E-state index in [0.29, 0.717) is 0 Å². The second kappa shape index (κ2) is 7.62. The maximum Gasteiger partial charge on any atom is 0.268 e. The van der Waals surface area contributed by atoms with Crippen molar-refractivity contribution in [3.05, 3.63) is 22.4 Å². The maximum absolute atomic E-state index is 12.1. The molecule has 1 unspecified atom stereocenters. The highest BCUT2D eigenvalue weighted by Crippen LogP contribution is 2.15. The summed E-state index contributed by atoms with van der Waals surface area (Å²) in [7, 11) is 0. The second-order valence-electron chi connectivity index (χ2n) is 4.70. The summed E-state index contributed by atoms with van der Waals surface area (Å²) < 4.78 is 2.91. The molecule has 0 saturated heterocycles. The van der Waals surface area contributed by atoms with Crippen molar-refractivity contribution in [2.24, 2.45) is 0 Å². The van der Waals surface area contributed by atoms with Crippen molar-refractivity contribution in [3.8, 4) is 0 Å². The zero-order chi connectivity index (χ0) is 13.5. The number of aryl methyl sites for hydroxylation is 1. The Morgan fingerprint density at radius 1 is 1.44 bits per heavy atom. The predicted molar refractivity (Wildman–Crippen MR) is 78.9 cm³/mol. The molecule has 1 aromatic rings. The van der Waals surface area contributed by atoms with Crippen molar-refractivity contribution in [2.45, 2.75) is 59.0 Å². The fraction of sp³-hybridized carbons (Fsp3) is 0.643. The molecule has 1 amide bonds. The zero-order valence-electron chi connectivity index (χ0n) is 11.5. The number of halogens is 1. The number of carbonyl (C=O) groups is 1. The molecule has 0 spiro atoms. The van der Waals surface area contributed by atoms with E-state index in [4.69, 9.17) is 0 Å². The maximum atomic E-state index is 12.1. The van der Waals surface area contributed by atoms with Crippen LogP contribution in [0.15, 0.2) is 16.7 Å². The first-order chi connectivity index (χ1) is 8.58. The van der Waals surface area contributed by atoms with E-state index in [0.717, 1.165) is 23.1 Å². The summed E-state index contributed by atoms with van der Waals surface area (Å²) in [5.41, 5.74) is 0.728. The zero-order valence-corrected chi connectivity index (χ0v) is 13.1. The van der Waals surface area contributed by atoms with Crippen LogP contribution in [0.4, 0.5) is 0 Å². The lowest BCUT2D eigenvalue weighted by Gasteiger charge is -2.14. The van der Waals surface area contributed by atoms with Crippen LogP contribution in [0, 0.1) is 0 Å². The van der Waals surface area contributed by atoms with Crippen LogP contribution in [-0.4, -0.2) is 16.5 Å². The molecule has 0 fully saturated rings. The Morgan fingerprint density at radius 2 is 2.17 bits per heavy atom. The first kappa shape index (κ1) is 15.3. The van der Waals surface area contributed by atoms with Crippen molar-refractivity contribution < 1.29 is 4.79 Å². The highest BCUT2D eigenvalue weighted by atomic mass is 79.9. The van der Waals surface area contributed by atoms with Crippen molar-refractivity contribution in [1.82, 2.24) is 9.88 Å². The number of aromatic nitrogens is 1. The fourth-order valence-electron chi connectivity index (χ4n) is 2.00. The van der Waals surface area contributed by atoms with Crippen molar-refractivity contribution in [2.75, 3.05) is 0 Å². The fourth-order valence-corrected chi connectivity index (χ4v) is 2.46. The number of nitrogens with one attached hydrogen (secondary N) is 1. The largest absolute Gasteiger partial charge is 0.348 e. The Labute approximate surface area is 118 Å². The molecule has 1 rings (SSSR count). The minimum atomic E-state index is 0.0200. The van der Waals surface area contributed by atoms with Crippen molar-refractivity contribution in [1.29, 1.82) is 0 Å². The van der Waals surface area contributed by atoms with Crippen LogP contribution in [0.25, 0.3) is 0 Å². The quantitative estimate of drug-likeness (QED) is 0.759. The Morgan fingerprint density at radius 3 is 2.78 bits per heavy atom. The molecule has 0 aromatic carbocycles. The van der Waals surface area contributed by atoms with Gasteiger partial charge in [0.2, 0.25) is 0 Å².